The van der Waals surface area contributed by atoms with Gasteiger partial charge in [0.15, 0.2) is 0 Å². The summed E-state index contributed by atoms with van der Waals surface area (Å²) in [7, 11) is 4.24. The Hall–Kier alpha value is -0.570. The highest BCUT2D eigenvalue weighted by atomic mass is 16.2. The Labute approximate surface area is 99.8 Å². The molecule has 0 bridgehead atoms. The number of carbonyl (C=O) groups is 1. The van der Waals surface area contributed by atoms with Crippen molar-refractivity contribution in [3.05, 3.63) is 6.92 Å². The van der Waals surface area contributed by atoms with Gasteiger partial charge in [-0.25, -0.2) is 0 Å². The second kappa shape index (κ2) is 6.89. The van der Waals surface area contributed by atoms with Gasteiger partial charge in [-0.2, -0.15) is 0 Å². The van der Waals surface area contributed by atoms with Crippen LogP contribution in [0.25, 0.3) is 0 Å². The van der Waals surface area contributed by atoms with E-state index < -0.39 is 0 Å². The minimum absolute atomic E-state index is 0.339. The Morgan fingerprint density at radius 2 is 1.94 bits per heavy atom. The lowest BCUT2D eigenvalue weighted by Crippen LogP contribution is -2.44. The van der Waals surface area contributed by atoms with Crippen molar-refractivity contribution in [2.75, 3.05) is 27.2 Å². The van der Waals surface area contributed by atoms with Gasteiger partial charge < -0.3 is 9.80 Å². The number of unbranched alkanes of at least 4 members (excludes halogenated alkanes) is 2. The summed E-state index contributed by atoms with van der Waals surface area (Å²) in [5.74, 6) is 0.339. The van der Waals surface area contributed by atoms with E-state index in [2.05, 4.69) is 25.9 Å². The molecule has 0 aromatic carbocycles. The second-order valence-electron chi connectivity index (χ2n) is 4.89. The van der Waals surface area contributed by atoms with Crippen LogP contribution >= 0.6 is 0 Å². The van der Waals surface area contributed by atoms with Crippen molar-refractivity contribution in [3.63, 3.8) is 0 Å². The van der Waals surface area contributed by atoms with Crippen LogP contribution in [0.2, 0.25) is 0 Å². The molecule has 1 heterocycles. The van der Waals surface area contributed by atoms with Crippen LogP contribution in [-0.2, 0) is 4.79 Å². The number of hydrogen-bond acceptors (Lipinski definition) is 2. The monoisotopic (exact) mass is 225 g/mol. The number of carbonyl (C=O) groups excluding carboxylic acids is 1. The molecule has 1 rings (SSSR count). The summed E-state index contributed by atoms with van der Waals surface area (Å²) in [6.45, 7) is 5.67. The lowest BCUT2D eigenvalue weighted by molar-refractivity contribution is -0.132. The Morgan fingerprint density at radius 3 is 2.44 bits per heavy atom. The molecule has 0 aliphatic carbocycles. The van der Waals surface area contributed by atoms with Crippen molar-refractivity contribution in [3.8, 4) is 0 Å². The SMILES string of the molecule is [CH2]CCCCC(=O)N1CCC(N(C)C)CC1. The molecule has 0 atom stereocenters. The molecule has 3 heteroatoms. The molecule has 1 fully saturated rings. The fourth-order valence-corrected chi connectivity index (χ4v) is 2.24. The van der Waals surface area contributed by atoms with E-state index in [4.69, 9.17) is 0 Å². The molecule has 0 aromatic heterocycles. The predicted molar refractivity (Wildman–Crippen MR) is 67.1 cm³/mol. The maximum absolute atomic E-state index is 11.8. The number of nitrogens with zero attached hydrogens (tertiary/aromatic N) is 2. The van der Waals surface area contributed by atoms with E-state index in [9.17, 15) is 4.79 Å². The largest absolute Gasteiger partial charge is 0.343 e. The average molecular weight is 225 g/mol. The number of likely N-dealkylation sites (tertiary alicyclic amines) is 1. The summed E-state index contributed by atoms with van der Waals surface area (Å²) in [5, 5.41) is 0. The first kappa shape index (κ1) is 13.5. The highest BCUT2D eigenvalue weighted by Gasteiger charge is 2.23. The van der Waals surface area contributed by atoms with E-state index in [0.29, 0.717) is 18.4 Å². The quantitative estimate of drug-likeness (QED) is 0.668. The minimum atomic E-state index is 0.339. The molecule has 0 unspecified atom stereocenters. The van der Waals surface area contributed by atoms with E-state index in [0.717, 1.165) is 45.2 Å². The zero-order valence-electron chi connectivity index (χ0n) is 10.7. The van der Waals surface area contributed by atoms with Crippen molar-refractivity contribution >= 4 is 5.91 Å². The van der Waals surface area contributed by atoms with Gasteiger partial charge in [-0.1, -0.05) is 19.8 Å². The van der Waals surface area contributed by atoms with Gasteiger partial charge in [0.1, 0.15) is 0 Å². The van der Waals surface area contributed by atoms with Gasteiger partial charge in [-0.15, -0.1) is 0 Å². The van der Waals surface area contributed by atoms with Crippen molar-refractivity contribution in [2.24, 2.45) is 0 Å². The highest BCUT2D eigenvalue weighted by molar-refractivity contribution is 5.76. The molecule has 1 saturated heterocycles. The first-order valence-electron chi connectivity index (χ1n) is 6.38. The third kappa shape index (κ3) is 4.12. The number of piperidine rings is 1. The van der Waals surface area contributed by atoms with Crippen molar-refractivity contribution < 1.29 is 4.79 Å². The highest BCUT2D eigenvalue weighted by Crippen LogP contribution is 2.15. The molecule has 1 radical (unpaired) electrons. The third-order valence-corrected chi connectivity index (χ3v) is 3.44. The normalized spacial score (nSPS) is 18.1. The zero-order chi connectivity index (χ0) is 12.0. The molecule has 16 heavy (non-hydrogen) atoms. The molecule has 0 N–H and O–H groups in total. The van der Waals surface area contributed by atoms with Crippen LogP contribution in [0.15, 0.2) is 0 Å². The van der Waals surface area contributed by atoms with Gasteiger partial charge in [0.25, 0.3) is 0 Å². The Balaban J connectivity index is 2.22. The molecule has 0 saturated carbocycles. The van der Waals surface area contributed by atoms with Gasteiger partial charge in [0, 0.05) is 25.6 Å². The Kier molecular flexibility index (Phi) is 5.81. The van der Waals surface area contributed by atoms with Crippen molar-refractivity contribution in [1.82, 2.24) is 9.80 Å². The van der Waals surface area contributed by atoms with Crippen LogP contribution in [0, 0.1) is 6.92 Å². The van der Waals surface area contributed by atoms with Gasteiger partial charge in [0.2, 0.25) is 5.91 Å². The second-order valence-corrected chi connectivity index (χ2v) is 4.89. The smallest absolute Gasteiger partial charge is 0.222 e. The van der Waals surface area contributed by atoms with E-state index >= 15 is 0 Å². The first-order chi connectivity index (χ1) is 7.65. The average Bonchev–Trinajstić information content (AvgIpc) is 2.29. The first-order valence-corrected chi connectivity index (χ1v) is 6.38. The van der Waals surface area contributed by atoms with Crippen LogP contribution in [0.5, 0.6) is 0 Å². The topological polar surface area (TPSA) is 23.6 Å². The number of amides is 1. The maximum atomic E-state index is 11.8. The lowest BCUT2D eigenvalue weighted by atomic mass is 10.0. The van der Waals surface area contributed by atoms with Gasteiger partial charge in [0.05, 0.1) is 0 Å². The van der Waals surface area contributed by atoms with Gasteiger partial charge in [-0.3, -0.25) is 4.79 Å². The van der Waals surface area contributed by atoms with Crippen molar-refractivity contribution in [1.29, 1.82) is 0 Å². The molecular formula is C13H25N2O. The zero-order valence-corrected chi connectivity index (χ0v) is 10.7. The van der Waals surface area contributed by atoms with Crippen LogP contribution in [0.4, 0.5) is 0 Å². The Bertz CT molecular complexity index is 208. The van der Waals surface area contributed by atoms with Crippen LogP contribution < -0.4 is 0 Å². The third-order valence-electron chi connectivity index (χ3n) is 3.44. The van der Waals surface area contributed by atoms with E-state index in [1.54, 1.807) is 0 Å². The van der Waals surface area contributed by atoms with Crippen LogP contribution in [0.3, 0.4) is 0 Å². The summed E-state index contributed by atoms with van der Waals surface area (Å²) >= 11 is 0. The molecule has 1 aliphatic rings. The number of hydrogen-bond donors (Lipinski definition) is 0. The summed E-state index contributed by atoms with van der Waals surface area (Å²) in [6.07, 6.45) is 5.95. The lowest BCUT2D eigenvalue weighted by Gasteiger charge is -2.35. The fraction of sp³-hybridized carbons (Fsp3) is 0.846. The molecular weight excluding hydrogens is 200 g/mol. The molecule has 0 aromatic rings. The summed E-state index contributed by atoms with van der Waals surface area (Å²) in [5.41, 5.74) is 0. The van der Waals surface area contributed by atoms with Gasteiger partial charge >= 0.3 is 0 Å². The summed E-state index contributed by atoms with van der Waals surface area (Å²) in [4.78, 5) is 16.1. The standard InChI is InChI=1S/C13H25N2O/c1-4-5-6-7-13(16)15-10-8-12(9-11-15)14(2)3/h12H,1,4-11H2,2-3H3. The predicted octanol–water partition coefficient (Wildman–Crippen LogP) is 1.93. The molecule has 3 nitrogen and oxygen atoms in total. The molecule has 1 amide bonds. The molecule has 93 valence electrons. The minimum Gasteiger partial charge on any atom is -0.343 e. The molecule has 0 spiro atoms. The number of rotatable bonds is 5. The van der Waals surface area contributed by atoms with Crippen LogP contribution in [-0.4, -0.2) is 48.9 Å². The van der Waals surface area contributed by atoms with Gasteiger partial charge in [-0.05, 0) is 33.4 Å². The van der Waals surface area contributed by atoms with E-state index in [1.807, 2.05) is 4.90 Å². The van der Waals surface area contributed by atoms with Crippen molar-refractivity contribution in [2.45, 2.75) is 44.6 Å². The van der Waals surface area contributed by atoms with E-state index in [-0.39, 0.29) is 0 Å². The maximum Gasteiger partial charge on any atom is 0.222 e. The fourth-order valence-electron chi connectivity index (χ4n) is 2.24. The van der Waals surface area contributed by atoms with Crippen LogP contribution in [0.1, 0.15) is 38.5 Å². The summed E-state index contributed by atoms with van der Waals surface area (Å²) in [6, 6.07) is 0.656. The Morgan fingerprint density at radius 1 is 1.31 bits per heavy atom. The molecule has 1 aliphatic heterocycles. The summed E-state index contributed by atoms with van der Waals surface area (Å²) < 4.78 is 0. The van der Waals surface area contributed by atoms with E-state index in [1.165, 1.54) is 0 Å².